The molecular formula is C15H23F3O5. The topological polar surface area (TPSA) is 72.8 Å². The van der Waals surface area contributed by atoms with Crippen LogP contribution in [-0.4, -0.2) is 41.0 Å². The fourth-order valence-corrected chi connectivity index (χ4v) is 2.60. The van der Waals surface area contributed by atoms with Crippen LogP contribution >= 0.6 is 0 Å². The molecule has 1 aliphatic rings. The lowest BCUT2D eigenvalue weighted by atomic mass is 9.89. The van der Waals surface area contributed by atoms with Gasteiger partial charge in [-0.3, -0.25) is 4.79 Å². The van der Waals surface area contributed by atoms with Gasteiger partial charge < -0.3 is 14.6 Å². The molecule has 0 aromatic rings. The Bertz CT molecular complexity index is 437. The van der Waals surface area contributed by atoms with Crippen LogP contribution in [0.25, 0.3) is 0 Å². The minimum absolute atomic E-state index is 0.216. The second kappa shape index (κ2) is 7.07. The SMILES string of the molecule is CC(C)(OC(=O)COC(=O)CC(C)(O)C(F)(F)F)C1CCCC1. The fraction of sp³-hybridized carbons (Fsp3) is 0.867. The van der Waals surface area contributed by atoms with Crippen LogP contribution in [0.4, 0.5) is 13.2 Å². The minimum Gasteiger partial charge on any atom is -0.457 e. The van der Waals surface area contributed by atoms with Crippen LogP contribution in [-0.2, 0) is 19.1 Å². The monoisotopic (exact) mass is 340 g/mol. The van der Waals surface area contributed by atoms with E-state index in [0.717, 1.165) is 25.7 Å². The van der Waals surface area contributed by atoms with Gasteiger partial charge in [-0.15, -0.1) is 0 Å². The molecule has 0 aliphatic heterocycles. The first-order chi connectivity index (χ1) is 10.3. The summed E-state index contributed by atoms with van der Waals surface area (Å²) in [5.74, 6) is -1.92. The van der Waals surface area contributed by atoms with Gasteiger partial charge in [0, 0.05) is 0 Å². The summed E-state index contributed by atoms with van der Waals surface area (Å²) in [5.41, 5.74) is -3.91. The summed E-state index contributed by atoms with van der Waals surface area (Å²) in [6.45, 7) is 3.22. The van der Waals surface area contributed by atoms with Gasteiger partial charge in [-0.1, -0.05) is 12.8 Å². The van der Waals surface area contributed by atoms with Crippen molar-refractivity contribution in [2.45, 2.75) is 70.3 Å². The number of carbonyl (C=O) groups excluding carboxylic acids is 2. The number of rotatable bonds is 6. The Morgan fingerprint density at radius 1 is 1.09 bits per heavy atom. The van der Waals surface area contributed by atoms with Crippen LogP contribution < -0.4 is 0 Å². The van der Waals surface area contributed by atoms with Gasteiger partial charge in [-0.2, -0.15) is 13.2 Å². The van der Waals surface area contributed by atoms with Crippen molar-refractivity contribution in [1.29, 1.82) is 0 Å². The Balaban J connectivity index is 2.42. The van der Waals surface area contributed by atoms with Gasteiger partial charge in [0.2, 0.25) is 0 Å². The summed E-state index contributed by atoms with van der Waals surface area (Å²) in [6, 6.07) is 0. The first kappa shape index (κ1) is 19.7. The van der Waals surface area contributed by atoms with Crippen molar-refractivity contribution >= 4 is 11.9 Å². The summed E-state index contributed by atoms with van der Waals surface area (Å²) in [4.78, 5) is 23.0. The Morgan fingerprint density at radius 3 is 2.09 bits per heavy atom. The van der Waals surface area contributed by atoms with Crippen LogP contribution in [0, 0.1) is 5.92 Å². The zero-order valence-corrected chi connectivity index (χ0v) is 13.5. The van der Waals surface area contributed by atoms with Crippen molar-refractivity contribution in [2.75, 3.05) is 6.61 Å². The highest BCUT2D eigenvalue weighted by Gasteiger charge is 2.51. The molecule has 0 aromatic heterocycles. The number of ether oxygens (including phenoxy) is 2. The first-order valence-electron chi connectivity index (χ1n) is 7.52. The molecule has 1 rings (SSSR count). The molecule has 0 bridgehead atoms. The van der Waals surface area contributed by atoms with E-state index in [2.05, 4.69) is 4.74 Å². The maximum absolute atomic E-state index is 12.4. The number of alkyl halides is 3. The first-order valence-corrected chi connectivity index (χ1v) is 7.52. The largest absolute Gasteiger partial charge is 0.457 e. The summed E-state index contributed by atoms with van der Waals surface area (Å²) in [7, 11) is 0. The average molecular weight is 340 g/mol. The predicted molar refractivity (Wildman–Crippen MR) is 74.4 cm³/mol. The Morgan fingerprint density at radius 2 is 1.61 bits per heavy atom. The molecular weight excluding hydrogens is 317 g/mol. The van der Waals surface area contributed by atoms with Gasteiger partial charge in [0.05, 0.1) is 6.42 Å². The van der Waals surface area contributed by atoms with E-state index >= 15 is 0 Å². The minimum atomic E-state index is -4.96. The van der Waals surface area contributed by atoms with Crippen molar-refractivity contribution in [3.8, 4) is 0 Å². The molecule has 0 saturated heterocycles. The van der Waals surface area contributed by atoms with Crippen molar-refractivity contribution in [3.05, 3.63) is 0 Å². The number of esters is 2. The number of carbonyl (C=O) groups is 2. The number of hydrogen-bond acceptors (Lipinski definition) is 5. The van der Waals surface area contributed by atoms with Gasteiger partial charge >= 0.3 is 18.1 Å². The highest BCUT2D eigenvalue weighted by Crippen LogP contribution is 2.36. The zero-order chi connectivity index (χ0) is 17.9. The van der Waals surface area contributed by atoms with Gasteiger partial charge in [-0.05, 0) is 39.5 Å². The van der Waals surface area contributed by atoms with Gasteiger partial charge in [0.25, 0.3) is 0 Å². The number of hydrogen-bond donors (Lipinski definition) is 1. The van der Waals surface area contributed by atoms with E-state index in [1.807, 2.05) is 0 Å². The van der Waals surface area contributed by atoms with E-state index in [4.69, 9.17) is 4.74 Å². The highest BCUT2D eigenvalue weighted by molar-refractivity contribution is 5.77. The van der Waals surface area contributed by atoms with Crippen molar-refractivity contribution in [2.24, 2.45) is 5.92 Å². The molecule has 5 nitrogen and oxygen atoms in total. The summed E-state index contributed by atoms with van der Waals surface area (Å²) in [5, 5.41) is 9.17. The van der Waals surface area contributed by atoms with E-state index in [1.54, 1.807) is 13.8 Å². The quantitative estimate of drug-likeness (QED) is 0.753. The maximum atomic E-state index is 12.4. The lowest BCUT2D eigenvalue weighted by Crippen LogP contribution is -2.44. The third kappa shape index (κ3) is 5.67. The summed E-state index contributed by atoms with van der Waals surface area (Å²) in [6.07, 6.45) is -2.24. The predicted octanol–water partition coefficient (Wildman–Crippen LogP) is 2.75. The maximum Gasteiger partial charge on any atom is 0.417 e. The Hall–Kier alpha value is -1.31. The van der Waals surface area contributed by atoms with Crippen molar-refractivity contribution in [1.82, 2.24) is 0 Å². The van der Waals surface area contributed by atoms with E-state index in [9.17, 15) is 27.9 Å². The van der Waals surface area contributed by atoms with E-state index in [1.165, 1.54) is 0 Å². The van der Waals surface area contributed by atoms with Gasteiger partial charge in [0.1, 0.15) is 5.60 Å². The molecule has 1 saturated carbocycles. The van der Waals surface area contributed by atoms with Crippen LogP contribution in [0.1, 0.15) is 52.9 Å². The summed E-state index contributed by atoms with van der Waals surface area (Å²) < 4.78 is 47.1. The van der Waals surface area contributed by atoms with E-state index in [-0.39, 0.29) is 5.92 Å². The number of halogens is 3. The molecule has 1 N–H and O–H groups in total. The second-order valence-corrected chi connectivity index (χ2v) is 6.67. The van der Waals surface area contributed by atoms with Gasteiger partial charge in [0.15, 0.2) is 12.2 Å². The number of aliphatic hydroxyl groups is 1. The average Bonchev–Trinajstić information content (AvgIpc) is 2.88. The van der Waals surface area contributed by atoms with Crippen LogP contribution in [0.5, 0.6) is 0 Å². The standard InChI is InChI=1S/C15H23F3O5/c1-13(2,10-6-4-5-7-10)23-12(20)9-22-11(19)8-14(3,21)15(16,17)18/h10,21H,4-9H2,1-3H3. The third-order valence-electron chi connectivity index (χ3n) is 4.17. The molecule has 134 valence electrons. The smallest absolute Gasteiger partial charge is 0.417 e. The van der Waals surface area contributed by atoms with E-state index in [0.29, 0.717) is 6.92 Å². The third-order valence-corrected chi connectivity index (χ3v) is 4.17. The Labute approximate surface area is 133 Å². The summed E-state index contributed by atoms with van der Waals surface area (Å²) >= 11 is 0. The molecule has 0 radical (unpaired) electrons. The molecule has 8 heteroatoms. The zero-order valence-electron chi connectivity index (χ0n) is 13.5. The van der Waals surface area contributed by atoms with Crippen molar-refractivity contribution in [3.63, 3.8) is 0 Å². The highest BCUT2D eigenvalue weighted by atomic mass is 19.4. The second-order valence-electron chi connectivity index (χ2n) is 6.67. The molecule has 1 unspecified atom stereocenters. The van der Waals surface area contributed by atoms with Crippen LogP contribution in [0.2, 0.25) is 0 Å². The fourth-order valence-electron chi connectivity index (χ4n) is 2.60. The molecule has 0 amide bonds. The van der Waals surface area contributed by atoms with Crippen LogP contribution in [0.15, 0.2) is 0 Å². The van der Waals surface area contributed by atoms with Gasteiger partial charge in [-0.25, -0.2) is 4.79 Å². The molecule has 1 aliphatic carbocycles. The molecule has 23 heavy (non-hydrogen) atoms. The molecule has 0 spiro atoms. The molecule has 1 fully saturated rings. The normalized spacial score (nSPS) is 19.3. The molecule has 0 aromatic carbocycles. The lowest BCUT2D eigenvalue weighted by Gasteiger charge is -2.31. The van der Waals surface area contributed by atoms with E-state index < -0.39 is 42.3 Å². The van der Waals surface area contributed by atoms with Crippen LogP contribution in [0.3, 0.4) is 0 Å². The molecule has 1 atom stereocenters. The Kier molecular flexibility index (Phi) is 6.06. The lowest BCUT2D eigenvalue weighted by molar-refractivity contribution is -0.255. The van der Waals surface area contributed by atoms with Crippen molar-refractivity contribution < 1.29 is 37.3 Å². The molecule has 0 heterocycles.